The summed E-state index contributed by atoms with van der Waals surface area (Å²) in [6.45, 7) is 2.15. The predicted molar refractivity (Wildman–Crippen MR) is 74.9 cm³/mol. The van der Waals surface area contributed by atoms with E-state index in [1.807, 2.05) is 18.2 Å². The number of hydrogen-bond donors (Lipinski definition) is 1. The third kappa shape index (κ3) is 3.19. The summed E-state index contributed by atoms with van der Waals surface area (Å²) in [6, 6.07) is 6.65. The maximum Gasteiger partial charge on any atom is 0.123 e. The number of benzene rings is 1. The van der Waals surface area contributed by atoms with E-state index in [4.69, 9.17) is 14.2 Å². The van der Waals surface area contributed by atoms with Gasteiger partial charge in [0.2, 0.25) is 0 Å². The van der Waals surface area contributed by atoms with E-state index in [-0.39, 0.29) is 6.04 Å². The number of methoxy groups -OCH3 is 3. The van der Waals surface area contributed by atoms with Crippen LogP contribution in [0.4, 0.5) is 0 Å². The summed E-state index contributed by atoms with van der Waals surface area (Å²) < 4.78 is 16.0. The number of ether oxygens (including phenoxy) is 3. The Balaban J connectivity index is 2.03. The second-order valence-corrected chi connectivity index (χ2v) is 5.02. The Bertz CT molecular complexity index is 416. The molecule has 0 bridgehead atoms. The minimum Gasteiger partial charge on any atom is -0.497 e. The summed E-state index contributed by atoms with van der Waals surface area (Å²) in [5.41, 5.74) is 1.13. The van der Waals surface area contributed by atoms with Crippen molar-refractivity contribution in [3.8, 4) is 11.5 Å². The van der Waals surface area contributed by atoms with Gasteiger partial charge < -0.3 is 19.5 Å². The highest BCUT2D eigenvalue weighted by molar-refractivity contribution is 5.42. The van der Waals surface area contributed by atoms with Gasteiger partial charge in [0.1, 0.15) is 11.5 Å². The molecule has 0 aromatic heterocycles. The molecule has 1 aromatic carbocycles. The fraction of sp³-hybridized carbons (Fsp3) is 0.600. The molecule has 2 rings (SSSR count). The number of rotatable bonds is 6. The fourth-order valence-electron chi connectivity index (χ4n) is 2.52. The van der Waals surface area contributed by atoms with Crippen LogP contribution < -0.4 is 14.8 Å². The van der Waals surface area contributed by atoms with Gasteiger partial charge >= 0.3 is 0 Å². The first-order valence-corrected chi connectivity index (χ1v) is 6.68. The van der Waals surface area contributed by atoms with Crippen molar-refractivity contribution in [1.29, 1.82) is 0 Å². The molecule has 0 heterocycles. The number of nitrogens with one attached hydrogen (secondary N) is 1. The Hall–Kier alpha value is -1.26. The average Bonchev–Trinajstić information content (AvgIpc) is 2.41. The minimum absolute atomic E-state index is 0.229. The van der Waals surface area contributed by atoms with Gasteiger partial charge in [-0.05, 0) is 38.0 Å². The smallest absolute Gasteiger partial charge is 0.123 e. The van der Waals surface area contributed by atoms with Gasteiger partial charge in [0.05, 0.1) is 20.3 Å². The van der Waals surface area contributed by atoms with Crippen LogP contribution in [0, 0.1) is 0 Å². The van der Waals surface area contributed by atoms with Crippen molar-refractivity contribution in [2.24, 2.45) is 0 Å². The minimum atomic E-state index is 0.229. The van der Waals surface area contributed by atoms with Crippen LogP contribution in [0.5, 0.6) is 11.5 Å². The molecule has 4 nitrogen and oxygen atoms in total. The molecule has 1 aliphatic carbocycles. The third-order valence-corrected chi connectivity index (χ3v) is 3.82. The molecule has 1 fully saturated rings. The van der Waals surface area contributed by atoms with Crippen molar-refractivity contribution in [3.05, 3.63) is 23.8 Å². The largest absolute Gasteiger partial charge is 0.497 e. The molecule has 1 aromatic rings. The summed E-state index contributed by atoms with van der Waals surface area (Å²) >= 11 is 0. The first-order valence-electron chi connectivity index (χ1n) is 6.68. The average molecular weight is 265 g/mol. The Labute approximate surface area is 115 Å². The molecule has 0 saturated heterocycles. The van der Waals surface area contributed by atoms with Gasteiger partial charge in [-0.2, -0.15) is 0 Å². The molecule has 1 N–H and O–H groups in total. The van der Waals surface area contributed by atoms with Crippen molar-refractivity contribution >= 4 is 0 Å². The summed E-state index contributed by atoms with van der Waals surface area (Å²) in [5, 5.41) is 3.61. The topological polar surface area (TPSA) is 39.7 Å². The summed E-state index contributed by atoms with van der Waals surface area (Å²) in [4.78, 5) is 0. The lowest BCUT2D eigenvalue weighted by Gasteiger charge is -2.37. The second kappa shape index (κ2) is 6.26. The Kier molecular flexibility index (Phi) is 4.66. The standard InChI is InChI=1S/C15H23NO3/c1-10(16-11-7-13(8-11)18-3)14-9-12(17-2)5-6-15(14)19-4/h5-6,9-11,13,16H,7-8H2,1-4H3. The van der Waals surface area contributed by atoms with Crippen LogP contribution in [-0.2, 0) is 4.74 Å². The molecule has 1 saturated carbocycles. The van der Waals surface area contributed by atoms with E-state index >= 15 is 0 Å². The van der Waals surface area contributed by atoms with Crippen LogP contribution in [0.2, 0.25) is 0 Å². The van der Waals surface area contributed by atoms with Crippen LogP contribution in [0.15, 0.2) is 18.2 Å². The Morgan fingerprint density at radius 1 is 1.16 bits per heavy atom. The van der Waals surface area contributed by atoms with E-state index in [2.05, 4.69) is 12.2 Å². The zero-order valence-corrected chi connectivity index (χ0v) is 12.1. The van der Waals surface area contributed by atoms with E-state index in [0.717, 1.165) is 29.9 Å². The highest BCUT2D eigenvalue weighted by Crippen LogP contribution is 2.31. The molecule has 1 atom stereocenters. The zero-order valence-electron chi connectivity index (χ0n) is 12.1. The molecule has 1 aliphatic rings. The lowest BCUT2D eigenvalue weighted by molar-refractivity contribution is 0.0146. The molecule has 0 amide bonds. The van der Waals surface area contributed by atoms with Crippen LogP contribution >= 0.6 is 0 Å². The molecule has 0 aliphatic heterocycles. The summed E-state index contributed by atoms with van der Waals surface area (Å²) in [6.07, 6.45) is 2.57. The van der Waals surface area contributed by atoms with Gasteiger partial charge in [0.15, 0.2) is 0 Å². The van der Waals surface area contributed by atoms with Gasteiger partial charge in [-0.25, -0.2) is 0 Å². The molecule has 0 radical (unpaired) electrons. The lowest BCUT2D eigenvalue weighted by atomic mass is 9.88. The fourth-order valence-corrected chi connectivity index (χ4v) is 2.52. The lowest BCUT2D eigenvalue weighted by Crippen LogP contribution is -2.45. The summed E-state index contributed by atoms with van der Waals surface area (Å²) in [7, 11) is 5.15. The van der Waals surface area contributed by atoms with Crippen molar-refractivity contribution in [3.63, 3.8) is 0 Å². The van der Waals surface area contributed by atoms with E-state index in [9.17, 15) is 0 Å². The Morgan fingerprint density at radius 3 is 2.47 bits per heavy atom. The van der Waals surface area contributed by atoms with Gasteiger partial charge in [-0.1, -0.05) is 0 Å². The molecular formula is C15H23NO3. The van der Waals surface area contributed by atoms with E-state index in [1.54, 1.807) is 21.3 Å². The van der Waals surface area contributed by atoms with Crippen molar-refractivity contribution in [1.82, 2.24) is 5.32 Å². The van der Waals surface area contributed by atoms with Crippen molar-refractivity contribution in [2.75, 3.05) is 21.3 Å². The van der Waals surface area contributed by atoms with Gasteiger partial charge in [-0.15, -0.1) is 0 Å². The monoisotopic (exact) mass is 265 g/mol. The highest BCUT2D eigenvalue weighted by atomic mass is 16.5. The SMILES string of the molecule is COc1ccc(OC)c(C(C)NC2CC(OC)C2)c1. The normalized spacial score (nSPS) is 23.6. The van der Waals surface area contributed by atoms with Crippen LogP contribution in [0.3, 0.4) is 0 Å². The zero-order chi connectivity index (χ0) is 13.8. The van der Waals surface area contributed by atoms with Gasteiger partial charge in [0.25, 0.3) is 0 Å². The molecule has 1 unspecified atom stereocenters. The first kappa shape index (κ1) is 14.2. The van der Waals surface area contributed by atoms with Gasteiger partial charge in [0, 0.05) is 24.8 Å². The first-order chi connectivity index (χ1) is 9.17. The highest BCUT2D eigenvalue weighted by Gasteiger charge is 2.30. The van der Waals surface area contributed by atoms with Crippen molar-refractivity contribution < 1.29 is 14.2 Å². The molecule has 4 heteroatoms. The molecule has 19 heavy (non-hydrogen) atoms. The second-order valence-electron chi connectivity index (χ2n) is 5.02. The summed E-state index contributed by atoms with van der Waals surface area (Å²) in [5.74, 6) is 1.75. The van der Waals surface area contributed by atoms with E-state index < -0.39 is 0 Å². The quantitative estimate of drug-likeness (QED) is 0.858. The van der Waals surface area contributed by atoms with Gasteiger partial charge in [-0.3, -0.25) is 0 Å². The van der Waals surface area contributed by atoms with Crippen LogP contribution in [-0.4, -0.2) is 33.5 Å². The van der Waals surface area contributed by atoms with Crippen LogP contribution in [0.1, 0.15) is 31.4 Å². The Morgan fingerprint density at radius 2 is 1.89 bits per heavy atom. The number of hydrogen-bond acceptors (Lipinski definition) is 4. The third-order valence-electron chi connectivity index (χ3n) is 3.82. The predicted octanol–water partition coefficient (Wildman–Crippen LogP) is 2.53. The molecule has 0 spiro atoms. The molecular weight excluding hydrogens is 242 g/mol. The maximum absolute atomic E-state index is 5.42. The van der Waals surface area contributed by atoms with Crippen molar-refractivity contribution in [2.45, 2.75) is 38.0 Å². The van der Waals surface area contributed by atoms with E-state index in [0.29, 0.717) is 12.1 Å². The van der Waals surface area contributed by atoms with E-state index in [1.165, 1.54) is 0 Å². The molecule has 106 valence electrons. The maximum atomic E-state index is 5.42. The van der Waals surface area contributed by atoms with Crippen LogP contribution in [0.25, 0.3) is 0 Å².